The average Bonchev–Trinajstić information content (AvgIpc) is 3.13. The molecule has 2 aromatic rings. The number of anilines is 1. The second-order valence-corrected chi connectivity index (χ2v) is 7.37. The first-order chi connectivity index (χ1) is 11.8. The molecule has 0 aromatic carbocycles. The molecule has 0 spiro atoms. The quantitative estimate of drug-likeness (QED) is 0.852. The van der Waals surface area contributed by atoms with Gasteiger partial charge in [0.05, 0.1) is 0 Å². The van der Waals surface area contributed by atoms with E-state index in [1.54, 1.807) is 11.5 Å². The van der Waals surface area contributed by atoms with Gasteiger partial charge < -0.3 is 9.64 Å². The molecular formula is C17H23N5OS. The van der Waals surface area contributed by atoms with Gasteiger partial charge in [0.25, 0.3) is 0 Å². The maximum atomic E-state index is 5.44. The van der Waals surface area contributed by atoms with Crippen LogP contribution in [0.4, 0.5) is 5.13 Å². The Kier molecular flexibility index (Phi) is 4.71. The van der Waals surface area contributed by atoms with Crippen LogP contribution in [0.5, 0.6) is 0 Å². The second kappa shape index (κ2) is 7.11. The molecule has 7 heteroatoms. The fourth-order valence-corrected chi connectivity index (χ4v) is 4.35. The number of nitrogens with zero attached hydrogens (tertiary/aromatic N) is 5. The minimum atomic E-state index is 0.455. The summed E-state index contributed by atoms with van der Waals surface area (Å²) in [5.74, 6) is 2.78. The Morgan fingerprint density at radius 3 is 2.88 bits per heavy atom. The van der Waals surface area contributed by atoms with Crippen LogP contribution < -0.4 is 4.90 Å². The topological polar surface area (TPSA) is 64.0 Å². The van der Waals surface area contributed by atoms with Crippen LogP contribution >= 0.6 is 11.5 Å². The minimum Gasteiger partial charge on any atom is -0.381 e. The van der Waals surface area contributed by atoms with Crippen molar-refractivity contribution < 1.29 is 4.74 Å². The molecule has 4 heterocycles. The Bertz CT molecular complexity index is 685. The molecule has 2 aliphatic heterocycles. The van der Waals surface area contributed by atoms with Gasteiger partial charge in [0.1, 0.15) is 11.6 Å². The smallest absolute Gasteiger partial charge is 0.205 e. The van der Waals surface area contributed by atoms with E-state index in [1.165, 1.54) is 12.8 Å². The lowest BCUT2D eigenvalue weighted by molar-refractivity contribution is 0.0838. The van der Waals surface area contributed by atoms with E-state index in [-0.39, 0.29) is 0 Å². The maximum Gasteiger partial charge on any atom is 0.205 e. The predicted molar refractivity (Wildman–Crippen MR) is 93.7 cm³/mol. The second-order valence-electron chi connectivity index (χ2n) is 6.64. The van der Waals surface area contributed by atoms with Gasteiger partial charge >= 0.3 is 0 Å². The molecule has 2 aromatic heterocycles. The van der Waals surface area contributed by atoms with Gasteiger partial charge in [-0.05, 0) is 38.7 Å². The molecule has 128 valence electrons. The highest BCUT2D eigenvalue weighted by atomic mass is 32.1. The summed E-state index contributed by atoms with van der Waals surface area (Å²) in [6.45, 7) is 5.65. The van der Waals surface area contributed by atoms with Gasteiger partial charge in [0.15, 0.2) is 0 Å². The molecule has 2 saturated heterocycles. The molecule has 1 unspecified atom stereocenters. The number of hydrogen-bond donors (Lipinski definition) is 0. The summed E-state index contributed by atoms with van der Waals surface area (Å²) in [6.07, 6.45) is 6.29. The lowest BCUT2D eigenvalue weighted by Crippen LogP contribution is -2.34. The molecular weight excluding hydrogens is 322 g/mol. The van der Waals surface area contributed by atoms with Gasteiger partial charge in [-0.1, -0.05) is 0 Å². The third kappa shape index (κ3) is 3.42. The van der Waals surface area contributed by atoms with Crippen molar-refractivity contribution >= 4 is 16.7 Å². The van der Waals surface area contributed by atoms with Crippen molar-refractivity contribution in [2.45, 2.75) is 44.4 Å². The molecule has 0 amide bonds. The third-order valence-electron chi connectivity index (χ3n) is 4.93. The van der Waals surface area contributed by atoms with Crippen molar-refractivity contribution in [2.24, 2.45) is 0 Å². The van der Waals surface area contributed by atoms with Gasteiger partial charge in [-0.25, -0.2) is 15.0 Å². The molecule has 0 saturated carbocycles. The van der Waals surface area contributed by atoms with Gasteiger partial charge in [0, 0.05) is 61.6 Å². The Labute approximate surface area is 146 Å². The fourth-order valence-electron chi connectivity index (χ4n) is 3.57. The zero-order chi connectivity index (χ0) is 16.4. The molecule has 1 atom stereocenters. The molecule has 0 aliphatic carbocycles. The molecule has 24 heavy (non-hydrogen) atoms. The Morgan fingerprint density at radius 2 is 2.04 bits per heavy atom. The van der Waals surface area contributed by atoms with E-state index in [0.717, 1.165) is 61.6 Å². The van der Waals surface area contributed by atoms with Gasteiger partial charge in [-0.2, -0.15) is 4.37 Å². The Morgan fingerprint density at radius 1 is 1.17 bits per heavy atom. The van der Waals surface area contributed by atoms with E-state index in [1.807, 2.05) is 13.1 Å². The summed E-state index contributed by atoms with van der Waals surface area (Å²) in [4.78, 5) is 16.1. The largest absolute Gasteiger partial charge is 0.381 e. The molecule has 6 nitrogen and oxygen atoms in total. The summed E-state index contributed by atoms with van der Waals surface area (Å²) < 4.78 is 10.1. The standard InChI is InChI=1S/C17H23N5OS/c1-12-18-7-4-15(19-12)14-3-2-8-22(11-14)17-20-16(21-24-17)13-5-9-23-10-6-13/h4,7,13-14H,2-3,5-6,8-11H2,1H3. The first-order valence-corrected chi connectivity index (χ1v) is 9.53. The van der Waals surface area contributed by atoms with E-state index in [2.05, 4.69) is 25.3 Å². The summed E-state index contributed by atoms with van der Waals surface area (Å²) in [6, 6.07) is 2.05. The zero-order valence-electron chi connectivity index (χ0n) is 14.0. The van der Waals surface area contributed by atoms with E-state index in [4.69, 9.17) is 9.72 Å². The number of aryl methyl sites for hydroxylation is 1. The predicted octanol–water partition coefficient (Wildman–Crippen LogP) is 2.91. The molecule has 0 N–H and O–H groups in total. The van der Waals surface area contributed by atoms with Crippen LogP contribution in [0, 0.1) is 6.92 Å². The van der Waals surface area contributed by atoms with E-state index in [9.17, 15) is 0 Å². The summed E-state index contributed by atoms with van der Waals surface area (Å²) >= 11 is 1.54. The van der Waals surface area contributed by atoms with Crippen molar-refractivity contribution in [2.75, 3.05) is 31.2 Å². The first kappa shape index (κ1) is 15.9. The van der Waals surface area contributed by atoms with Crippen molar-refractivity contribution in [3.05, 3.63) is 29.6 Å². The summed E-state index contributed by atoms with van der Waals surface area (Å²) in [5.41, 5.74) is 1.15. The van der Waals surface area contributed by atoms with Crippen molar-refractivity contribution in [1.29, 1.82) is 0 Å². The molecule has 2 fully saturated rings. The van der Waals surface area contributed by atoms with Crippen LogP contribution in [0.1, 0.15) is 54.9 Å². The number of rotatable bonds is 3. The maximum absolute atomic E-state index is 5.44. The van der Waals surface area contributed by atoms with Crippen molar-refractivity contribution in [1.82, 2.24) is 19.3 Å². The minimum absolute atomic E-state index is 0.455. The van der Waals surface area contributed by atoms with Crippen LogP contribution in [-0.4, -0.2) is 45.6 Å². The monoisotopic (exact) mass is 345 g/mol. The van der Waals surface area contributed by atoms with Crippen molar-refractivity contribution in [3.8, 4) is 0 Å². The summed E-state index contributed by atoms with van der Waals surface area (Å²) in [7, 11) is 0. The van der Waals surface area contributed by atoms with Gasteiger partial charge in [0.2, 0.25) is 5.13 Å². The highest BCUT2D eigenvalue weighted by Crippen LogP contribution is 2.32. The van der Waals surface area contributed by atoms with Crippen LogP contribution in [0.3, 0.4) is 0 Å². The lowest BCUT2D eigenvalue weighted by atomic mass is 9.95. The van der Waals surface area contributed by atoms with Crippen LogP contribution in [0.15, 0.2) is 12.3 Å². The average molecular weight is 345 g/mol. The number of aromatic nitrogens is 4. The summed E-state index contributed by atoms with van der Waals surface area (Å²) in [5, 5.41) is 1.06. The first-order valence-electron chi connectivity index (χ1n) is 8.75. The zero-order valence-corrected chi connectivity index (χ0v) is 14.8. The van der Waals surface area contributed by atoms with Crippen LogP contribution in [0.2, 0.25) is 0 Å². The van der Waals surface area contributed by atoms with Crippen molar-refractivity contribution in [3.63, 3.8) is 0 Å². The molecule has 2 aliphatic rings. The molecule has 0 bridgehead atoms. The lowest BCUT2D eigenvalue weighted by Gasteiger charge is -2.32. The fraction of sp³-hybridized carbons (Fsp3) is 0.647. The number of ether oxygens (including phenoxy) is 1. The van der Waals surface area contributed by atoms with Gasteiger partial charge in [-0.3, -0.25) is 0 Å². The molecule has 0 radical (unpaired) electrons. The molecule has 4 rings (SSSR count). The number of piperidine rings is 1. The van der Waals surface area contributed by atoms with Gasteiger partial charge in [-0.15, -0.1) is 0 Å². The van der Waals surface area contributed by atoms with Crippen LogP contribution in [0.25, 0.3) is 0 Å². The van der Waals surface area contributed by atoms with Crippen LogP contribution in [-0.2, 0) is 4.74 Å². The third-order valence-corrected chi connectivity index (χ3v) is 5.72. The Balaban J connectivity index is 1.47. The highest BCUT2D eigenvalue weighted by Gasteiger charge is 2.26. The number of hydrogen-bond acceptors (Lipinski definition) is 7. The normalized spacial score (nSPS) is 22.7. The Hall–Kier alpha value is -1.60. The highest BCUT2D eigenvalue weighted by molar-refractivity contribution is 7.09. The SMILES string of the molecule is Cc1nccc(C2CCCN(c3nc(C4CCOCC4)ns3)C2)n1. The van der Waals surface area contributed by atoms with E-state index < -0.39 is 0 Å². The van der Waals surface area contributed by atoms with E-state index >= 15 is 0 Å². The van der Waals surface area contributed by atoms with E-state index in [0.29, 0.717) is 11.8 Å².